The first-order valence-electron chi connectivity index (χ1n) is 8.06. The summed E-state index contributed by atoms with van der Waals surface area (Å²) in [6.45, 7) is 6.46. The van der Waals surface area contributed by atoms with Crippen molar-refractivity contribution in [2.75, 3.05) is 25.6 Å². The number of carbonyl (C=O) groups excluding carboxylic acids is 2. The van der Waals surface area contributed by atoms with Gasteiger partial charge in [0.1, 0.15) is 18.4 Å². The quantitative estimate of drug-likeness (QED) is 0.602. The van der Waals surface area contributed by atoms with Crippen molar-refractivity contribution < 1.29 is 19.1 Å². The van der Waals surface area contributed by atoms with Gasteiger partial charge in [0.15, 0.2) is 0 Å². The Morgan fingerprint density at radius 3 is 2.58 bits per heavy atom. The van der Waals surface area contributed by atoms with Crippen LogP contribution in [0.4, 0.5) is 10.5 Å². The zero-order chi connectivity index (χ0) is 17.9. The number of benzene rings is 1. The van der Waals surface area contributed by atoms with E-state index in [0.717, 1.165) is 6.42 Å². The van der Waals surface area contributed by atoms with Gasteiger partial charge in [0.2, 0.25) is 5.91 Å². The highest BCUT2D eigenvalue weighted by Gasteiger charge is 2.16. The minimum Gasteiger partial charge on any atom is -0.491 e. The standard InChI is InChI=1S/C17H27N3O4/c1-5-12(2)18-16(21)13(3)19-17(22)20-14-7-6-8-15(11-14)24-10-9-23-4/h6-8,11-13H,5,9-10H2,1-4H3,(H,18,21)(H2,19,20,22)/t12-,13+/m1/s1. The maximum Gasteiger partial charge on any atom is 0.319 e. The molecule has 2 atom stereocenters. The third-order valence-corrected chi connectivity index (χ3v) is 3.39. The summed E-state index contributed by atoms with van der Waals surface area (Å²) in [5.41, 5.74) is 0.581. The average molecular weight is 337 g/mol. The Hall–Kier alpha value is -2.28. The van der Waals surface area contributed by atoms with Crippen LogP contribution in [0.1, 0.15) is 27.2 Å². The van der Waals surface area contributed by atoms with Crippen molar-refractivity contribution in [2.24, 2.45) is 0 Å². The highest BCUT2D eigenvalue weighted by atomic mass is 16.5. The fraction of sp³-hybridized carbons (Fsp3) is 0.529. The largest absolute Gasteiger partial charge is 0.491 e. The smallest absolute Gasteiger partial charge is 0.319 e. The summed E-state index contributed by atoms with van der Waals surface area (Å²) < 4.78 is 10.4. The molecular weight excluding hydrogens is 310 g/mol. The number of rotatable bonds is 9. The average Bonchev–Trinajstić information content (AvgIpc) is 2.55. The molecule has 0 radical (unpaired) electrons. The predicted molar refractivity (Wildman–Crippen MR) is 93.3 cm³/mol. The van der Waals surface area contributed by atoms with Gasteiger partial charge in [0.25, 0.3) is 0 Å². The number of urea groups is 1. The van der Waals surface area contributed by atoms with E-state index >= 15 is 0 Å². The molecule has 0 aliphatic heterocycles. The van der Waals surface area contributed by atoms with Gasteiger partial charge in [0, 0.05) is 24.9 Å². The Bertz CT molecular complexity index is 536. The van der Waals surface area contributed by atoms with Crippen LogP contribution >= 0.6 is 0 Å². The molecule has 0 spiro atoms. The normalized spacial score (nSPS) is 12.8. The number of amides is 3. The third-order valence-electron chi connectivity index (χ3n) is 3.39. The number of ether oxygens (including phenoxy) is 2. The van der Waals surface area contributed by atoms with E-state index in [4.69, 9.17) is 9.47 Å². The topological polar surface area (TPSA) is 88.7 Å². The van der Waals surface area contributed by atoms with E-state index in [-0.39, 0.29) is 11.9 Å². The SMILES string of the molecule is CC[C@@H](C)NC(=O)[C@H](C)NC(=O)Nc1cccc(OCCOC)c1. The molecular formula is C17H27N3O4. The minimum atomic E-state index is -0.625. The van der Waals surface area contributed by atoms with Crippen LogP contribution in [0.2, 0.25) is 0 Å². The zero-order valence-electron chi connectivity index (χ0n) is 14.7. The van der Waals surface area contributed by atoms with Crippen LogP contribution in [-0.4, -0.2) is 44.3 Å². The second kappa shape index (κ2) is 10.5. The van der Waals surface area contributed by atoms with E-state index in [1.165, 1.54) is 0 Å². The number of hydrogen-bond donors (Lipinski definition) is 3. The first-order chi connectivity index (χ1) is 11.5. The summed E-state index contributed by atoms with van der Waals surface area (Å²) in [7, 11) is 1.60. The molecule has 0 aromatic heterocycles. The van der Waals surface area contributed by atoms with Crippen LogP contribution in [0.15, 0.2) is 24.3 Å². The first kappa shape index (κ1) is 19.8. The van der Waals surface area contributed by atoms with Crippen LogP contribution < -0.4 is 20.7 Å². The van der Waals surface area contributed by atoms with E-state index in [2.05, 4.69) is 16.0 Å². The Labute approximate surface area is 143 Å². The van der Waals surface area contributed by atoms with Crippen molar-refractivity contribution in [1.82, 2.24) is 10.6 Å². The Kier molecular flexibility index (Phi) is 8.64. The molecule has 134 valence electrons. The minimum absolute atomic E-state index is 0.0748. The Morgan fingerprint density at radius 2 is 1.92 bits per heavy atom. The maximum absolute atomic E-state index is 12.0. The van der Waals surface area contributed by atoms with Crippen LogP contribution in [-0.2, 0) is 9.53 Å². The molecule has 0 bridgehead atoms. The highest BCUT2D eigenvalue weighted by Crippen LogP contribution is 2.17. The summed E-state index contributed by atoms with van der Waals surface area (Å²) in [4.78, 5) is 23.9. The summed E-state index contributed by atoms with van der Waals surface area (Å²) in [5.74, 6) is 0.420. The zero-order valence-corrected chi connectivity index (χ0v) is 14.7. The fourth-order valence-electron chi connectivity index (χ4n) is 1.81. The molecule has 1 aromatic carbocycles. The molecule has 0 saturated carbocycles. The lowest BCUT2D eigenvalue weighted by Gasteiger charge is -2.18. The molecule has 0 fully saturated rings. The molecule has 1 aromatic rings. The summed E-state index contributed by atoms with van der Waals surface area (Å²) in [6.07, 6.45) is 0.834. The van der Waals surface area contributed by atoms with Crippen molar-refractivity contribution in [1.29, 1.82) is 0 Å². The number of carbonyl (C=O) groups is 2. The van der Waals surface area contributed by atoms with Crippen molar-refractivity contribution in [3.63, 3.8) is 0 Å². The Morgan fingerprint density at radius 1 is 1.17 bits per heavy atom. The van der Waals surface area contributed by atoms with E-state index in [0.29, 0.717) is 24.7 Å². The number of methoxy groups -OCH3 is 1. The molecule has 0 heterocycles. The molecule has 0 saturated heterocycles. The van der Waals surface area contributed by atoms with Gasteiger partial charge in [0.05, 0.1) is 6.61 Å². The number of hydrogen-bond acceptors (Lipinski definition) is 4. The van der Waals surface area contributed by atoms with Crippen LogP contribution in [0.25, 0.3) is 0 Å². The lowest BCUT2D eigenvalue weighted by Crippen LogP contribution is -2.48. The molecule has 1 rings (SSSR count). The molecule has 3 amide bonds. The molecule has 24 heavy (non-hydrogen) atoms. The molecule has 0 unspecified atom stereocenters. The van der Waals surface area contributed by atoms with Crippen LogP contribution in [0.3, 0.4) is 0 Å². The van der Waals surface area contributed by atoms with E-state index in [1.54, 1.807) is 38.3 Å². The van der Waals surface area contributed by atoms with Crippen LogP contribution in [0.5, 0.6) is 5.75 Å². The van der Waals surface area contributed by atoms with Crippen molar-refractivity contribution in [2.45, 2.75) is 39.3 Å². The lowest BCUT2D eigenvalue weighted by atomic mass is 10.2. The van der Waals surface area contributed by atoms with Gasteiger partial charge < -0.3 is 25.4 Å². The molecule has 7 nitrogen and oxygen atoms in total. The summed E-state index contributed by atoms with van der Waals surface area (Å²) >= 11 is 0. The van der Waals surface area contributed by atoms with Gasteiger partial charge >= 0.3 is 6.03 Å². The highest BCUT2D eigenvalue weighted by molar-refractivity contribution is 5.93. The van der Waals surface area contributed by atoms with Crippen molar-refractivity contribution >= 4 is 17.6 Å². The van der Waals surface area contributed by atoms with Gasteiger partial charge in [-0.2, -0.15) is 0 Å². The van der Waals surface area contributed by atoms with Gasteiger partial charge in [-0.3, -0.25) is 4.79 Å². The fourth-order valence-corrected chi connectivity index (χ4v) is 1.81. The van der Waals surface area contributed by atoms with E-state index in [9.17, 15) is 9.59 Å². The van der Waals surface area contributed by atoms with Crippen molar-refractivity contribution in [3.05, 3.63) is 24.3 Å². The first-order valence-corrected chi connectivity index (χ1v) is 8.06. The van der Waals surface area contributed by atoms with E-state index < -0.39 is 12.1 Å². The second-order valence-electron chi connectivity index (χ2n) is 5.51. The second-order valence-corrected chi connectivity index (χ2v) is 5.51. The van der Waals surface area contributed by atoms with Gasteiger partial charge in [-0.25, -0.2) is 4.79 Å². The Balaban J connectivity index is 2.49. The predicted octanol–water partition coefficient (Wildman–Crippen LogP) is 2.14. The van der Waals surface area contributed by atoms with Gasteiger partial charge in [-0.1, -0.05) is 13.0 Å². The summed E-state index contributed by atoms with van der Waals surface area (Å²) in [6, 6.07) is 6.02. The number of anilines is 1. The molecule has 7 heteroatoms. The maximum atomic E-state index is 12.0. The molecule has 0 aliphatic rings. The third kappa shape index (κ3) is 7.32. The monoisotopic (exact) mass is 337 g/mol. The lowest BCUT2D eigenvalue weighted by molar-refractivity contribution is -0.123. The van der Waals surface area contributed by atoms with Crippen molar-refractivity contribution in [3.8, 4) is 5.75 Å². The van der Waals surface area contributed by atoms with Gasteiger partial charge in [-0.05, 0) is 32.4 Å². The van der Waals surface area contributed by atoms with E-state index in [1.807, 2.05) is 13.8 Å². The molecule has 0 aliphatic carbocycles. The molecule has 3 N–H and O–H groups in total. The van der Waals surface area contributed by atoms with Gasteiger partial charge in [-0.15, -0.1) is 0 Å². The van der Waals surface area contributed by atoms with Crippen LogP contribution in [0, 0.1) is 0 Å². The number of nitrogens with one attached hydrogen (secondary N) is 3. The summed E-state index contributed by atoms with van der Waals surface area (Å²) in [5, 5.41) is 8.11.